The molecule has 1 atom stereocenters. The maximum Gasteiger partial charge on any atom is 0.292 e. The minimum absolute atomic E-state index is 0.0324. The predicted octanol–water partition coefficient (Wildman–Crippen LogP) is 3.31. The summed E-state index contributed by atoms with van der Waals surface area (Å²) in [6.45, 7) is 4.32. The fourth-order valence-electron chi connectivity index (χ4n) is 4.42. The fourth-order valence-corrected chi connectivity index (χ4v) is 4.42. The Balaban J connectivity index is 1.43. The minimum atomic E-state index is -0.0324. The van der Waals surface area contributed by atoms with Crippen LogP contribution in [0.1, 0.15) is 53.4 Å². The van der Waals surface area contributed by atoms with Crippen molar-refractivity contribution >= 4 is 5.91 Å². The van der Waals surface area contributed by atoms with Crippen LogP contribution in [0.5, 0.6) is 11.5 Å². The first-order chi connectivity index (χ1) is 14.2. The Morgan fingerprint density at radius 3 is 2.76 bits per heavy atom. The molecule has 0 aliphatic carbocycles. The lowest BCUT2D eigenvalue weighted by Crippen LogP contribution is -2.34. The number of carbonyl (C=O) groups is 1. The Morgan fingerprint density at radius 1 is 1.17 bits per heavy atom. The highest BCUT2D eigenvalue weighted by molar-refractivity contribution is 5.91. The first kappa shape index (κ1) is 19.8. The molecule has 7 heteroatoms. The van der Waals surface area contributed by atoms with Crippen LogP contribution in [-0.4, -0.2) is 61.3 Å². The van der Waals surface area contributed by atoms with Crippen LogP contribution >= 0.6 is 0 Å². The second-order valence-corrected chi connectivity index (χ2v) is 7.84. The van der Waals surface area contributed by atoms with Gasteiger partial charge in [-0.2, -0.15) is 0 Å². The van der Waals surface area contributed by atoms with E-state index in [1.807, 2.05) is 23.1 Å². The molecule has 29 heavy (non-hydrogen) atoms. The molecule has 2 saturated heterocycles. The van der Waals surface area contributed by atoms with Gasteiger partial charge in [0.2, 0.25) is 5.76 Å². The topological polar surface area (TPSA) is 68.0 Å². The lowest BCUT2D eigenvalue weighted by Gasteiger charge is -2.32. The van der Waals surface area contributed by atoms with Crippen molar-refractivity contribution in [1.82, 2.24) is 15.0 Å². The number of piperidine rings is 1. The maximum absolute atomic E-state index is 12.5. The van der Waals surface area contributed by atoms with Crippen molar-refractivity contribution in [3.8, 4) is 11.5 Å². The molecule has 0 saturated carbocycles. The number of ether oxygens (including phenoxy) is 2. The lowest BCUT2D eigenvalue weighted by molar-refractivity contribution is 0.0751. The van der Waals surface area contributed by atoms with Crippen molar-refractivity contribution in [2.75, 3.05) is 40.4 Å². The largest absolute Gasteiger partial charge is 0.493 e. The van der Waals surface area contributed by atoms with Gasteiger partial charge in [0.05, 0.1) is 19.9 Å². The number of benzene rings is 1. The summed E-state index contributed by atoms with van der Waals surface area (Å²) in [5.74, 6) is 2.14. The number of methoxy groups -OCH3 is 2. The standard InChI is InChI=1S/C22H29N3O4/c1-27-19-9-5-7-17(21(19)28-2)15-24-10-6-8-16(14-24)18-13-20(29-23-18)22(26)25-11-3-4-12-25/h5,7,9,13,16H,3-4,6,8,10-12,14-15H2,1-2H3. The van der Waals surface area contributed by atoms with E-state index < -0.39 is 0 Å². The molecule has 1 amide bonds. The summed E-state index contributed by atoms with van der Waals surface area (Å²) in [6.07, 6.45) is 4.27. The first-order valence-electron chi connectivity index (χ1n) is 10.4. The van der Waals surface area contributed by atoms with E-state index in [2.05, 4.69) is 16.1 Å². The molecule has 7 nitrogen and oxygen atoms in total. The Morgan fingerprint density at radius 2 is 2.00 bits per heavy atom. The van der Waals surface area contributed by atoms with Crippen molar-refractivity contribution in [2.24, 2.45) is 0 Å². The molecule has 3 heterocycles. The van der Waals surface area contributed by atoms with Gasteiger partial charge in [-0.15, -0.1) is 0 Å². The Kier molecular flexibility index (Phi) is 6.04. The highest BCUT2D eigenvalue weighted by Crippen LogP contribution is 2.33. The van der Waals surface area contributed by atoms with Crippen LogP contribution in [0.3, 0.4) is 0 Å². The van der Waals surface area contributed by atoms with Gasteiger partial charge in [-0.3, -0.25) is 9.69 Å². The highest BCUT2D eigenvalue weighted by atomic mass is 16.5. The van der Waals surface area contributed by atoms with E-state index in [9.17, 15) is 4.79 Å². The van der Waals surface area contributed by atoms with Crippen molar-refractivity contribution < 1.29 is 18.8 Å². The second kappa shape index (κ2) is 8.86. The molecule has 0 bridgehead atoms. The third kappa shape index (κ3) is 4.24. The molecular weight excluding hydrogens is 370 g/mol. The van der Waals surface area contributed by atoms with Gasteiger partial charge in [0, 0.05) is 43.7 Å². The van der Waals surface area contributed by atoms with E-state index in [1.54, 1.807) is 14.2 Å². The van der Waals surface area contributed by atoms with E-state index in [0.717, 1.165) is 81.2 Å². The number of rotatable bonds is 6. The van der Waals surface area contributed by atoms with E-state index in [1.165, 1.54) is 0 Å². The van der Waals surface area contributed by atoms with E-state index in [-0.39, 0.29) is 11.8 Å². The Labute approximate surface area is 171 Å². The third-order valence-electron chi connectivity index (χ3n) is 5.93. The van der Waals surface area contributed by atoms with Gasteiger partial charge in [0.25, 0.3) is 5.91 Å². The molecule has 1 unspecified atom stereocenters. The molecule has 1 aromatic carbocycles. The van der Waals surface area contributed by atoms with Crippen LogP contribution in [0.15, 0.2) is 28.8 Å². The fraction of sp³-hybridized carbons (Fsp3) is 0.545. The Hall–Kier alpha value is -2.54. The SMILES string of the molecule is COc1cccc(CN2CCCC(c3cc(C(=O)N4CCCC4)on3)C2)c1OC. The van der Waals surface area contributed by atoms with Gasteiger partial charge in [-0.25, -0.2) is 0 Å². The predicted molar refractivity (Wildman–Crippen MR) is 108 cm³/mol. The quantitative estimate of drug-likeness (QED) is 0.742. The summed E-state index contributed by atoms with van der Waals surface area (Å²) in [6, 6.07) is 7.83. The average Bonchev–Trinajstić information content (AvgIpc) is 3.45. The lowest BCUT2D eigenvalue weighted by atomic mass is 9.94. The molecule has 0 spiro atoms. The monoisotopic (exact) mass is 399 g/mol. The van der Waals surface area contributed by atoms with Crippen molar-refractivity contribution in [2.45, 2.75) is 38.1 Å². The van der Waals surface area contributed by atoms with Crippen LogP contribution in [-0.2, 0) is 6.54 Å². The van der Waals surface area contributed by atoms with Crippen molar-refractivity contribution in [1.29, 1.82) is 0 Å². The number of carbonyl (C=O) groups excluding carboxylic acids is 1. The van der Waals surface area contributed by atoms with Crippen LogP contribution < -0.4 is 9.47 Å². The van der Waals surface area contributed by atoms with E-state index in [4.69, 9.17) is 14.0 Å². The molecule has 2 aliphatic rings. The zero-order valence-corrected chi connectivity index (χ0v) is 17.2. The molecule has 0 radical (unpaired) electrons. The van der Waals surface area contributed by atoms with Crippen LogP contribution in [0.2, 0.25) is 0 Å². The number of nitrogens with zero attached hydrogens (tertiary/aromatic N) is 3. The first-order valence-corrected chi connectivity index (χ1v) is 10.4. The van der Waals surface area contributed by atoms with Crippen molar-refractivity contribution in [3.05, 3.63) is 41.3 Å². The van der Waals surface area contributed by atoms with Crippen LogP contribution in [0.4, 0.5) is 0 Å². The summed E-state index contributed by atoms with van der Waals surface area (Å²) >= 11 is 0. The second-order valence-electron chi connectivity index (χ2n) is 7.84. The molecular formula is C22H29N3O4. The summed E-state index contributed by atoms with van der Waals surface area (Å²) in [5, 5.41) is 4.24. The van der Waals surface area contributed by atoms with E-state index in [0.29, 0.717) is 5.76 Å². The van der Waals surface area contributed by atoms with Gasteiger partial charge in [0.15, 0.2) is 11.5 Å². The number of hydrogen-bond donors (Lipinski definition) is 0. The third-order valence-corrected chi connectivity index (χ3v) is 5.93. The maximum atomic E-state index is 12.5. The average molecular weight is 399 g/mol. The molecule has 2 aliphatic heterocycles. The number of hydrogen-bond acceptors (Lipinski definition) is 6. The summed E-state index contributed by atoms with van der Waals surface area (Å²) in [5.41, 5.74) is 1.99. The Bertz CT molecular complexity index is 844. The summed E-state index contributed by atoms with van der Waals surface area (Å²) < 4.78 is 16.4. The van der Waals surface area contributed by atoms with Crippen LogP contribution in [0.25, 0.3) is 0 Å². The molecule has 2 fully saturated rings. The zero-order valence-electron chi connectivity index (χ0n) is 17.2. The van der Waals surface area contributed by atoms with Crippen LogP contribution in [0, 0.1) is 0 Å². The molecule has 4 rings (SSSR count). The smallest absolute Gasteiger partial charge is 0.292 e. The normalized spacial score (nSPS) is 20.1. The van der Waals surface area contributed by atoms with Gasteiger partial charge < -0.3 is 18.9 Å². The number of para-hydroxylation sites is 1. The van der Waals surface area contributed by atoms with Gasteiger partial charge in [0.1, 0.15) is 0 Å². The number of aromatic nitrogens is 1. The molecule has 1 aromatic heterocycles. The highest BCUT2D eigenvalue weighted by Gasteiger charge is 2.28. The minimum Gasteiger partial charge on any atom is -0.493 e. The van der Waals surface area contributed by atoms with Gasteiger partial charge in [-0.1, -0.05) is 17.3 Å². The number of likely N-dealkylation sites (tertiary alicyclic amines) is 2. The molecule has 0 N–H and O–H groups in total. The number of amides is 1. The summed E-state index contributed by atoms with van der Waals surface area (Å²) in [4.78, 5) is 16.8. The van der Waals surface area contributed by atoms with Crippen molar-refractivity contribution in [3.63, 3.8) is 0 Å². The van der Waals surface area contributed by atoms with E-state index >= 15 is 0 Å². The molecule has 2 aromatic rings. The molecule has 156 valence electrons. The van der Waals surface area contributed by atoms with Gasteiger partial charge >= 0.3 is 0 Å². The van der Waals surface area contributed by atoms with Gasteiger partial charge in [-0.05, 0) is 38.3 Å². The zero-order chi connectivity index (χ0) is 20.2. The summed E-state index contributed by atoms with van der Waals surface area (Å²) in [7, 11) is 3.33.